The fourth-order valence-corrected chi connectivity index (χ4v) is 1.58. The van der Waals surface area contributed by atoms with E-state index in [0.29, 0.717) is 0 Å². The standard InChI is InChI=1S/C14H19NO2/c1-4-15(5-2)14(16)13-8-6-12(7-9-13)10-11-17-3/h6-11H,4-5H2,1-3H3. The van der Waals surface area contributed by atoms with Crippen LogP contribution in [0.1, 0.15) is 29.8 Å². The van der Waals surface area contributed by atoms with Gasteiger partial charge in [0.2, 0.25) is 0 Å². The number of methoxy groups -OCH3 is 1. The highest BCUT2D eigenvalue weighted by atomic mass is 16.5. The molecule has 0 heterocycles. The first kappa shape index (κ1) is 13.3. The van der Waals surface area contributed by atoms with E-state index in [4.69, 9.17) is 4.74 Å². The van der Waals surface area contributed by atoms with E-state index < -0.39 is 0 Å². The van der Waals surface area contributed by atoms with Crippen molar-refractivity contribution >= 4 is 12.0 Å². The Hall–Kier alpha value is -1.77. The highest BCUT2D eigenvalue weighted by molar-refractivity contribution is 5.94. The van der Waals surface area contributed by atoms with Crippen molar-refractivity contribution in [3.8, 4) is 0 Å². The van der Waals surface area contributed by atoms with Crippen molar-refractivity contribution in [3.05, 3.63) is 41.7 Å². The Labute approximate surface area is 103 Å². The minimum Gasteiger partial charge on any atom is -0.504 e. The smallest absolute Gasteiger partial charge is 0.253 e. The number of hydrogen-bond acceptors (Lipinski definition) is 2. The molecule has 0 saturated carbocycles. The lowest BCUT2D eigenvalue weighted by molar-refractivity contribution is 0.0773. The van der Waals surface area contributed by atoms with Crippen molar-refractivity contribution in [3.63, 3.8) is 0 Å². The molecule has 0 saturated heterocycles. The number of amides is 1. The summed E-state index contributed by atoms with van der Waals surface area (Å²) in [6.07, 6.45) is 3.47. The number of nitrogens with zero attached hydrogens (tertiary/aromatic N) is 1. The molecule has 0 aliphatic rings. The maximum Gasteiger partial charge on any atom is 0.253 e. The monoisotopic (exact) mass is 233 g/mol. The molecule has 3 nitrogen and oxygen atoms in total. The Morgan fingerprint density at radius 3 is 2.29 bits per heavy atom. The molecule has 0 aliphatic carbocycles. The van der Waals surface area contributed by atoms with Gasteiger partial charge in [-0.15, -0.1) is 0 Å². The number of carbonyl (C=O) groups is 1. The third-order valence-corrected chi connectivity index (χ3v) is 2.60. The molecule has 0 bridgehead atoms. The second-order valence-electron chi connectivity index (χ2n) is 3.64. The Bertz CT molecular complexity index is 378. The van der Waals surface area contributed by atoms with Gasteiger partial charge < -0.3 is 9.64 Å². The predicted molar refractivity (Wildman–Crippen MR) is 69.7 cm³/mol. The van der Waals surface area contributed by atoms with Gasteiger partial charge >= 0.3 is 0 Å². The van der Waals surface area contributed by atoms with Crippen molar-refractivity contribution < 1.29 is 9.53 Å². The van der Waals surface area contributed by atoms with Gasteiger partial charge in [-0.3, -0.25) is 4.79 Å². The lowest BCUT2D eigenvalue weighted by atomic mass is 10.1. The Morgan fingerprint density at radius 2 is 1.82 bits per heavy atom. The molecule has 1 amide bonds. The van der Waals surface area contributed by atoms with E-state index in [0.717, 1.165) is 24.2 Å². The molecule has 1 rings (SSSR count). The van der Waals surface area contributed by atoms with Crippen LogP contribution in [0.4, 0.5) is 0 Å². The van der Waals surface area contributed by atoms with E-state index in [1.165, 1.54) is 0 Å². The molecule has 17 heavy (non-hydrogen) atoms. The van der Waals surface area contributed by atoms with Crippen LogP contribution in [0.2, 0.25) is 0 Å². The quantitative estimate of drug-likeness (QED) is 0.732. The van der Waals surface area contributed by atoms with Gasteiger partial charge in [-0.25, -0.2) is 0 Å². The third kappa shape index (κ3) is 3.63. The number of ether oxygens (including phenoxy) is 1. The van der Waals surface area contributed by atoms with E-state index in [-0.39, 0.29) is 5.91 Å². The van der Waals surface area contributed by atoms with Gasteiger partial charge in [-0.05, 0) is 37.6 Å². The molecular weight excluding hydrogens is 214 g/mol. The summed E-state index contributed by atoms with van der Waals surface area (Å²) in [6.45, 7) is 5.44. The Kier molecular flexibility index (Phi) is 5.27. The topological polar surface area (TPSA) is 29.5 Å². The van der Waals surface area contributed by atoms with Crippen molar-refractivity contribution in [2.75, 3.05) is 20.2 Å². The lowest BCUT2D eigenvalue weighted by Gasteiger charge is -2.18. The minimum atomic E-state index is 0.0808. The van der Waals surface area contributed by atoms with Crippen LogP contribution in [0.15, 0.2) is 30.5 Å². The predicted octanol–water partition coefficient (Wildman–Crippen LogP) is 2.79. The molecule has 0 spiro atoms. The van der Waals surface area contributed by atoms with E-state index in [1.54, 1.807) is 18.3 Å². The SMILES string of the molecule is CCN(CC)C(=O)c1ccc(C=COC)cc1. The zero-order chi connectivity index (χ0) is 12.7. The molecule has 92 valence electrons. The van der Waals surface area contributed by atoms with Crippen LogP contribution in [0.25, 0.3) is 6.08 Å². The minimum absolute atomic E-state index is 0.0808. The first-order chi connectivity index (χ1) is 8.22. The van der Waals surface area contributed by atoms with E-state index in [2.05, 4.69) is 0 Å². The number of benzene rings is 1. The normalized spacial score (nSPS) is 10.5. The molecule has 0 aliphatic heterocycles. The highest BCUT2D eigenvalue weighted by Crippen LogP contribution is 2.09. The van der Waals surface area contributed by atoms with Crippen molar-refractivity contribution in [2.45, 2.75) is 13.8 Å². The highest BCUT2D eigenvalue weighted by Gasteiger charge is 2.11. The molecule has 1 aromatic rings. The van der Waals surface area contributed by atoms with Crippen molar-refractivity contribution in [1.29, 1.82) is 0 Å². The van der Waals surface area contributed by atoms with Gasteiger partial charge in [0.15, 0.2) is 0 Å². The van der Waals surface area contributed by atoms with Crippen LogP contribution >= 0.6 is 0 Å². The Morgan fingerprint density at radius 1 is 1.24 bits per heavy atom. The molecule has 0 fully saturated rings. The average Bonchev–Trinajstić information content (AvgIpc) is 2.38. The average molecular weight is 233 g/mol. The lowest BCUT2D eigenvalue weighted by Crippen LogP contribution is -2.30. The molecular formula is C14H19NO2. The largest absolute Gasteiger partial charge is 0.504 e. The number of carbonyl (C=O) groups excluding carboxylic acids is 1. The summed E-state index contributed by atoms with van der Waals surface area (Å²) < 4.78 is 4.84. The molecule has 0 N–H and O–H groups in total. The maximum atomic E-state index is 12.0. The molecule has 3 heteroatoms. The van der Waals surface area contributed by atoms with E-state index in [9.17, 15) is 4.79 Å². The van der Waals surface area contributed by atoms with Gasteiger partial charge in [0.05, 0.1) is 13.4 Å². The summed E-state index contributed by atoms with van der Waals surface area (Å²) in [4.78, 5) is 13.8. The molecule has 1 aromatic carbocycles. The van der Waals surface area contributed by atoms with Crippen molar-refractivity contribution in [1.82, 2.24) is 4.90 Å². The summed E-state index contributed by atoms with van der Waals surface area (Å²) in [5.74, 6) is 0.0808. The zero-order valence-electron chi connectivity index (χ0n) is 10.6. The maximum absolute atomic E-state index is 12.0. The van der Waals surface area contributed by atoms with Crippen LogP contribution in [0.3, 0.4) is 0 Å². The van der Waals surface area contributed by atoms with Gasteiger partial charge in [0.1, 0.15) is 0 Å². The number of rotatable bonds is 5. The molecule has 0 aromatic heterocycles. The first-order valence-electron chi connectivity index (χ1n) is 5.81. The second-order valence-corrected chi connectivity index (χ2v) is 3.64. The summed E-state index contributed by atoms with van der Waals surface area (Å²) in [5, 5.41) is 0. The van der Waals surface area contributed by atoms with Crippen molar-refractivity contribution in [2.24, 2.45) is 0 Å². The van der Waals surface area contributed by atoms with Crippen LogP contribution in [-0.2, 0) is 4.74 Å². The van der Waals surface area contributed by atoms with Crippen LogP contribution in [0.5, 0.6) is 0 Å². The van der Waals surface area contributed by atoms with Gasteiger partial charge in [0.25, 0.3) is 5.91 Å². The van der Waals surface area contributed by atoms with E-state index in [1.807, 2.05) is 44.2 Å². The fraction of sp³-hybridized carbons (Fsp3) is 0.357. The van der Waals surface area contributed by atoms with Crippen LogP contribution in [0, 0.1) is 0 Å². The first-order valence-corrected chi connectivity index (χ1v) is 5.81. The molecule has 0 radical (unpaired) electrons. The summed E-state index contributed by atoms with van der Waals surface area (Å²) >= 11 is 0. The molecule has 0 atom stereocenters. The zero-order valence-corrected chi connectivity index (χ0v) is 10.6. The van der Waals surface area contributed by atoms with Crippen LogP contribution in [-0.4, -0.2) is 31.0 Å². The number of hydrogen-bond donors (Lipinski definition) is 0. The Balaban J connectivity index is 2.80. The second kappa shape index (κ2) is 6.74. The molecule has 0 unspecified atom stereocenters. The van der Waals surface area contributed by atoms with E-state index >= 15 is 0 Å². The summed E-state index contributed by atoms with van der Waals surface area (Å²) in [7, 11) is 1.61. The van der Waals surface area contributed by atoms with Gasteiger partial charge in [-0.2, -0.15) is 0 Å². The fourth-order valence-electron chi connectivity index (χ4n) is 1.58. The third-order valence-electron chi connectivity index (χ3n) is 2.60. The summed E-state index contributed by atoms with van der Waals surface area (Å²) in [5.41, 5.74) is 1.74. The summed E-state index contributed by atoms with van der Waals surface area (Å²) in [6, 6.07) is 7.50. The van der Waals surface area contributed by atoms with Gasteiger partial charge in [0, 0.05) is 18.7 Å². The van der Waals surface area contributed by atoms with Crippen LogP contribution < -0.4 is 0 Å². The van der Waals surface area contributed by atoms with Gasteiger partial charge in [-0.1, -0.05) is 12.1 Å².